The molecule has 65 heavy (non-hydrogen) atoms. The fraction of sp³-hybridized carbons (Fsp3) is 0.966. The van der Waals surface area contributed by atoms with E-state index in [2.05, 4.69) is 19.2 Å². The number of carbonyl (C=O) groups excluding carboxylic acids is 2. The minimum Gasteiger partial charge on any atom is -0.466 e. The van der Waals surface area contributed by atoms with E-state index in [1.165, 1.54) is 270 Å². The quantitative estimate of drug-likeness (QED) is 0.0417. The summed E-state index contributed by atoms with van der Waals surface area (Å²) in [5.74, 6) is -0.0248. The van der Waals surface area contributed by atoms with Gasteiger partial charge in [0.2, 0.25) is 5.91 Å². The van der Waals surface area contributed by atoms with Crippen LogP contribution < -0.4 is 5.32 Å². The summed E-state index contributed by atoms with van der Waals surface area (Å²) in [4.78, 5) is 24.5. The molecule has 2 unspecified atom stereocenters. The third kappa shape index (κ3) is 52.1. The predicted octanol–water partition coefficient (Wildman–Crippen LogP) is 18.3. The number of unbranched alkanes of at least 4 members (excludes halogenated alkanes) is 45. The first-order valence-corrected chi connectivity index (χ1v) is 29.8. The standard InChI is InChI=1S/C59H117NO5/c1-3-5-7-9-11-13-15-17-18-19-23-26-29-33-37-41-45-49-53-59(64)65-54-50-46-42-38-34-30-27-24-21-20-22-25-28-32-36-40-44-48-52-58(63)60-56(55-61)57(62)51-47-43-39-35-31-16-14-12-10-8-6-4-2/h56-57,61-62H,3-55H2,1-2H3,(H,60,63). The van der Waals surface area contributed by atoms with E-state index in [0.717, 1.165) is 38.5 Å². The molecule has 0 aromatic carbocycles. The molecule has 0 saturated carbocycles. The Labute approximate surface area is 406 Å². The molecule has 0 aromatic heterocycles. The molecule has 0 bridgehead atoms. The first-order valence-electron chi connectivity index (χ1n) is 29.8. The van der Waals surface area contributed by atoms with Crippen LogP contribution in [0.3, 0.4) is 0 Å². The van der Waals surface area contributed by atoms with Crippen molar-refractivity contribution in [1.29, 1.82) is 0 Å². The molecule has 0 aliphatic carbocycles. The van der Waals surface area contributed by atoms with Crippen LogP contribution in [0, 0.1) is 0 Å². The second kappa shape index (κ2) is 55.5. The van der Waals surface area contributed by atoms with Gasteiger partial charge in [-0.2, -0.15) is 0 Å². The van der Waals surface area contributed by atoms with Crippen molar-refractivity contribution in [2.75, 3.05) is 13.2 Å². The van der Waals surface area contributed by atoms with Gasteiger partial charge in [0.1, 0.15) is 0 Å². The molecule has 0 aliphatic rings. The van der Waals surface area contributed by atoms with E-state index < -0.39 is 12.1 Å². The van der Waals surface area contributed by atoms with Crippen molar-refractivity contribution in [2.24, 2.45) is 0 Å². The van der Waals surface area contributed by atoms with E-state index in [-0.39, 0.29) is 18.5 Å². The number of ether oxygens (including phenoxy) is 1. The zero-order valence-corrected chi connectivity index (χ0v) is 44.3. The lowest BCUT2D eigenvalue weighted by molar-refractivity contribution is -0.143. The van der Waals surface area contributed by atoms with Gasteiger partial charge >= 0.3 is 5.97 Å². The molecule has 3 N–H and O–H groups in total. The highest BCUT2D eigenvalue weighted by Crippen LogP contribution is 2.18. The number of aliphatic hydroxyl groups is 2. The number of carbonyl (C=O) groups is 2. The number of hydrogen-bond donors (Lipinski definition) is 3. The smallest absolute Gasteiger partial charge is 0.305 e. The van der Waals surface area contributed by atoms with Crippen molar-refractivity contribution in [1.82, 2.24) is 5.32 Å². The van der Waals surface area contributed by atoms with Gasteiger partial charge < -0.3 is 20.3 Å². The Morgan fingerprint density at radius 2 is 0.631 bits per heavy atom. The molecule has 6 heteroatoms. The zero-order valence-electron chi connectivity index (χ0n) is 44.3. The third-order valence-electron chi connectivity index (χ3n) is 14.2. The average molecular weight is 921 g/mol. The zero-order chi connectivity index (χ0) is 47.2. The molecule has 1 amide bonds. The van der Waals surface area contributed by atoms with Crippen molar-refractivity contribution in [3.05, 3.63) is 0 Å². The van der Waals surface area contributed by atoms with Gasteiger partial charge in [0.15, 0.2) is 0 Å². The molecule has 6 nitrogen and oxygen atoms in total. The van der Waals surface area contributed by atoms with E-state index in [0.29, 0.717) is 25.9 Å². The fourth-order valence-electron chi connectivity index (χ4n) is 9.58. The third-order valence-corrected chi connectivity index (χ3v) is 14.2. The van der Waals surface area contributed by atoms with Crippen molar-refractivity contribution in [2.45, 2.75) is 353 Å². The number of aliphatic hydroxyl groups excluding tert-OH is 2. The van der Waals surface area contributed by atoms with Crippen LogP contribution in [0.4, 0.5) is 0 Å². The summed E-state index contributed by atoms with van der Waals surface area (Å²) in [6.07, 6.45) is 63.9. The van der Waals surface area contributed by atoms with Crippen LogP contribution >= 0.6 is 0 Å². The normalized spacial score (nSPS) is 12.5. The number of esters is 1. The minimum atomic E-state index is -0.664. The summed E-state index contributed by atoms with van der Waals surface area (Å²) in [6, 6.07) is -0.542. The molecule has 0 radical (unpaired) electrons. The van der Waals surface area contributed by atoms with E-state index in [1.807, 2.05) is 0 Å². The van der Waals surface area contributed by atoms with Crippen LogP contribution in [-0.4, -0.2) is 47.4 Å². The predicted molar refractivity (Wildman–Crippen MR) is 283 cm³/mol. The van der Waals surface area contributed by atoms with Crippen molar-refractivity contribution in [3.8, 4) is 0 Å². The van der Waals surface area contributed by atoms with Crippen molar-refractivity contribution in [3.63, 3.8) is 0 Å². The second-order valence-corrected chi connectivity index (χ2v) is 20.7. The molecule has 0 aliphatic heterocycles. The summed E-state index contributed by atoms with van der Waals surface area (Å²) >= 11 is 0. The number of amides is 1. The Morgan fingerprint density at radius 1 is 0.369 bits per heavy atom. The van der Waals surface area contributed by atoms with Crippen LogP contribution in [0.2, 0.25) is 0 Å². The molecule has 0 spiro atoms. The summed E-state index contributed by atoms with van der Waals surface area (Å²) in [7, 11) is 0. The first-order chi connectivity index (χ1) is 32.0. The van der Waals surface area contributed by atoms with Crippen LogP contribution in [0.5, 0.6) is 0 Å². The second-order valence-electron chi connectivity index (χ2n) is 20.7. The molecule has 0 aromatic rings. The highest BCUT2D eigenvalue weighted by molar-refractivity contribution is 5.76. The highest BCUT2D eigenvalue weighted by Gasteiger charge is 2.20. The minimum absolute atomic E-state index is 0.0126. The summed E-state index contributed by atoms with van der Waals surface area (Å²) in [5, 5.41) is 23.2. The summed E-state index contributed by atoms with van der Waals surface area (Å²) in [5.41, 5.74) is 0. The van der Waals surface area contributed by atoms with E-state index in [1.54, 1.807) is 0 Å². The van der Waals surface area contributed by atoms with Crippen LogP contribution in [0.25, 0.3) is 0 Å². The molecular formula is C59H117NO5. The first kappa shape index (κ1) is 63.9. The van der Waals surface area contributed by atoms with E-state index in [9.17, 15) is 19.8 Å². The number of nitrogens with one attached hydrogen (secondary N) is 1. The van der Waals surface area contributed by atoms with Gasteiger partial charge in [-0.3, -0.25) is 9.59 Å². The SMILES string of the molecule is CCCCCCCCCCCCCCCCCCCCC(=O)OCCCCCCCCCCCCCCCCCCCCC(=O)NC(CO)C(O)CCCCCCCCCCCCCC. The number of rotatable bonds is 56. The van der Waals surface area contributed by atoms with Crippen molar-refractivity contribution < 1.29 is 24.5 Å². The Kier molecular flexibility index (Phi) is 54.5. The van der Waals surface area contributed by atoms with Gasteiger partial charge in [-0.15, -0.1) is 0 Å². The van der Waals surface area contributed by atoms with Gasteiger partial charge in [-0.05, 0) is 25.7 Å². The summed E-state index contributed by atoms with van der Waals surface area (Å²) < 4.78 is 5.50. The van der Waals surface area contributed by atoms with Gasteiger partial charge in [0.25, 0.3) is 0 Å². The Balaban J connectivity index is 3.35. The lowest BCUT2D eigenvalue weighted by Crippen LogP contribution is -2.45. The maximum Gasteiger partial charge on any atom is 0.305 e. The summed E-state index contributed by atoms with van der Waals surface area (Å²) in [6.45, 7) is 4.97. The molecule has 0 saturated heterocycles. The number of hydrogen-bond acceptors (Lipinski definition) is 5. The van der Waals surface area contributed by atoms with E-state index >= 15 is 0 Å². The Morgan fingerprint density at radius 3 is 0.938 bits per heavy atom. The largest absolute Gasteiger partial charge is 0.466 e. The highest BCUT2D eigenvalue weighted by atomic mass is 16.5. The fourth-order valence-corrected chi connectivity index (χ4v) is 9.58. The molecule has 388 valence electrons. The molecule has 0 heterocycles. The van der Waals surface area contributed by atoms with Crippen LogP contribution in [-0.2, 0) is 14.3 Å². The van der Waals surface area contributed by atoms with Gasteiger partial charge in [0, 0.05) is 12.8 Å². The Bertz CT molecular complexity index is 928. The van der Waals surface area contributed by atoms with Crippen molar-refractivity contribution >= 4 is 11.9 Å². The molecule has 2 atom stereocenters. The maximum atomic E-state index is 12.4. The van der Waals surface area contributed by atoms with E-state index in [4.69, 9.17) is 4.74 Å². The van der Waals surface area contributed by atoms with Gasteiger partial charge in [-0.25, -0.2) is 0 Å². The van der Waals surface area contributed by atoms with Gasteiger partial charge in [0.05, 0.1) is 25.4 Å². The van der Waals surface area contributed by atoms with Crippen LogP contribution in [0.1, 0.15) is 341 Å². The average Bonchev–Trinajstić information content (AvgIpc) is 3.31. The van der Waals surface area contributed by atoms with Gasteiger partial charge in [-0.1, -0.05) is 303 Å². The molecule has 0 fully saturated rings. The molecular weight excluding hydrogens is 803 g/mol. The lowest BCUT2D eigenvalue weighted by Gasteiger charge is -2.22. The van der Waals surface area contributed by atoms with Crippen LogP contribution in [0.15, 0.2) is 0 Å². The molecule has 0 rings (SSSR count). The maximum absolute atomic E-state index is 12.4. The Hall–Kier alpha value is -1.14. The topological polar surface area (TPSA) is 95.9 Å². The monoisotopic (exact) mass is 920 g/mol. The lowest BCUT2D eigenvalue weighted by atomic mass is 10.0.